The number of rotatable bonds is 11. The number of aliphatic hydroxyl groups excluding tert-OH is 2. The first kappa shape index (κ1) is 33.1. The van der Waals surface area contributed by atoms with Gasteiger partial charge in [-0.3, -0.25) is 9.48 Å². The van der Waals surface area contributed by atoms with Gasteiger partial charge in [-0.1, -0.05) is 6.07 Å². The summed E-state index contributed by atoms with van der Waals surface area (Å²) < 4.78 is 57.2. The molecule has 5 rings (SSSR count). The quantitative estimate of drug-likeness (QED) is 0.219. The van der Waals surface area contributed by atoms with Gasteiger partial charge < -0.3 is 30.6 Å². The third kappa shape index (κ3) is 8.52. The van der Waals surface area contributed by atoms with Crippen molar-refractivity contribution in [2.75, 3.05) is 58.2 Å². The number of hydrogen-bond donors (Lipinski definition) is 4. The molecule has 2 saturated heterocycles. The van der Waals surface area contributed by atoms with Crippen LogP contribution in [-0.2, 0) is 30.5 Å². The minimum absolute atomic E-state index is 0.0110. The zero-order valence-electron chi connectivity index (χ0n) is 24.8. The van der Waals surface area contributed by atoms with Crippen LogP contribution < -0.4 is 10.6 Å². The molecule has 2 aromatic rings. The van der Waals surface area contributed by atoms with Crippen molar-refractivity contribution < 1.29 is 32.6 Å². The normalized spacial score (nSPS) is 20.0. The number of aliphatic hydroxyl groups is 2. The third-order valence-corrected chi connectivity index (χ3v) is 9.73. The predicted molar refractivity (Wildman–Crippen MR) is 160 cm³/mol. The Bertz CT molecular complexity index is 1260. The molecule has 0 spiro atoms. The number of piperidine rings is 2. The number of nitrogens with one attached hydrogen (secondary N) is 2. The van der Waals surface area contributed by atoms with Gasteiger partial charge in [0.2, 0.25) is 5.91 Å². The molecule has 14 heteroatoms. The van der Waals surface area contributed by atoms with E-state index in [4.69, 9.17) is 10.2 Å². The van der Waals surface area contributed by atoms with E-state index in [1.165, 1.54) is 17.8 Å². The van der Waals surface area contributed by atoms with Crippen LogP contribution >= 0.6 is 11.8 Å². The number of fused-ring (bicyclic) bond motifs is 1. The van der Waals surface area contributed by atoms with Gasteiger partial charge in [-0.05, 0) is 37.8 Å². The first-order chi connectivity index (χ1) is 21.1. The molecule has 3 aliphatic heterocycles. The van der Waals surface area contributed by atoms with Gasteiger partial charge in [-0.25, -0.2) is 4.39 Å². The standard InChI is InChI=1S/C30H42F4N6O3S/c31-21-4-9-38(10-5-21)13-14-44-27-15-20(1-2-25(27)30(32,33)34)29-24-16-35-8-3-26(24)40(37-29)18-23(42)17-39-11-6-22(7-12-39)36-28(43)19-41/h1-2,15,21-23,35,41-42H,3-14,16-19H2,(H,36,43)/t23-/m0/s1. The van der Waals surface area contributed by atoms with Gasteiger partial charge in [-0.15, -0.1) is 11.8 Å². The molecular formula is C30H42F4N6O3S. The van der Waals surface area contributed by atoms with E-state index in [-0.39, 0.29) is 23.4 Å². The van der Waals surface area contributed by atoms with Crippen LogP contribution in [0.15, 0.2) is 23.1 Å². The van der Waals surface area contributed by atoms with Crippen LogP contribution in [0.5, 0.6) is 0 Å². The van der Waals surface area contributed by atoms with Crippen LogP contribution in [0.3, 0.4) is 0 Å². The lowest BCUT2D eigenvalue weighted by molar-refractivity contribution is -0.139. The molecule has 0 saturated carbocycles. The largest absolute Gasteiger partial charge is 0.417 e. The van der Waals surface area contributed by atoms with E-state index in [2.05, 4.69) is 20.4 Å². The maximum absolute atomic E-state index is 14.0. The van der Waals surface area contributed by atoms with Gasteiger partial charge in [-0.2, -0.15) is 18.3 Å². The number of nitrogens with zero attached hydrogens (tertiary/aromatic N) is 4. The van der Waals surface area contributed by atoms with Gasteiger partial charge >= 0.3 is 6.18 Å². The summed E-state index contributed by atoms with van der Waals surface area (Å²) in [7, 11) is 0. The van der Waals surface area contributed by atoms with Crippen molar-refractivity contribution in [2.45, 2.75) is 74.6 Å². The summed E-state index contributed by atoms with van der Waals surface area (Å²) in [5.74, 6) is 0.0837. The Balaban J connectivity index is 1.27. The molecule has 1 aromatic heterocycles. The highest BCUT2D eigenvalue weighted by atomic mass is 32.2. The van der Waals surface area contributed by atoms with E-state index < -0.39 is 30.6 Å². The average Bonchev–Trinajstić information content (AvgIpc) is 3.36. The number of benzene rings is 1. The van der Waals surface area contributed by atoms with E-state index in [1.807, 2.05) is 4.68 Å². The van der Waals surface area contributed by atoms with Gasteiger partial charge in [0.05, 0.1) is 23.9 Å². The molecule has 9 nitrogen and oxygen atoms in total. The topological polar surface area (TPSA) is 106 Å². The zero-order chi connectivity index (χ0) is 31.3. The Kier molecular flexibility index (Phi) is 11.2. The zero-order valence-corrected chi connectivity index (χ0v) is 25.6. The van der Waals surface area contributed by atoms with Crippen LogP contribution in [0.4, 0.5) is 17.6 Å². The summed E-state index contributed by atoms with van der Waals surface area (Å²) in [4.78, 5) is 15.9. The number of carbonyl (C=O) groups excluding carboxylic acids is 1. The van der Waals surface area contributed by atoms with Gasteiger partial charge in [0, 0.05) is 92.3 Å². The van der Waals surface area contributed by atoms with Crippen molar-refractivity contribution in [3.8, 4) is 11.3 Å². The highest BCUT2D eigenvalue weighted by Crippen LogP contribution is 2.40. The minimum Gasteiger partial charge on any atom is -0.390 e. The monoisotopic (exact) mass is 642 g/mol. The smallest absolute Gasteiger partial charge is 0.390 e. The molecule has 1 amide bonds. The third-order valence-electron chi connectivity index (χ3n) is 8.70. The number of amides is 1. The van der Waals surface area contributed by atoms with E-state index in [0.717, 1.165) is 36.7 Å². The number of aromatic nitrogens is 2. The van der Waals surface area contributed by atoms with Gasteiger partial charge in [0.15, 0.2) is 0 Å². The van der Waals surface area contributed by atoms with Crippen molar-refractivity contribution in [2.24, 2.45) is 0 Å². The number of hydrogen-bond acceptors (Lipinski definition) is 8. The van der Waals surface area contributed by atoms with Crippen molar-refractivity contribution in [1.82, 2.24) is 30.2 Å². The number of thioether (sulfide) groups is 1. The summed E-state index contributed by atoms with van der Waals surface area (Å²) in [6.07, 6.45) is -2.89. The second kappa shape index (κ2) is 14.9. The molecular weight excluding hydrogens is 600 g/mol. The molecule has 0 unspecified atom stereocenters. The van der Waals surface area contributed by atoms with E-state index in [9.17, 15) is 27.5 Å². The molecule has 0 bridgehead atoms. The highest BCUT2D eigenvalue weighted by Gasteiger charge is 2.34. The maximum Gasteiger partial charge on any atom is 0.417 e. The summed E-state index contributed by atoms with van der Waals surface area (Å²) in [6, 6.07) is 4.21. The summed E-state index contributed by atoms with van der Waals surface area (Å²) in [6.45, 7) is 4.72. The summed E-state index contributed by atoms with van der Waals surface area (Å²) in [5, 5.41) is 30.9. The highest BCUT2D eigenvalue weighted by molar-refractivity contribution is 7.99. The molecule has 3 aliphatic rings. The number of carbonyl (C=O) groups is 1. The molecule has 244 valence electrons. The van der Waals surface area contributed by atoms with Gasteiger partial charge in [0.25, 0.3) is 0 Å². The summed E-state index contributed by atoms with van der Waals surface area (Å²) in [5.41, 5.74) is 2.48. The molecule has 0 radical (unpaired) electrons. The van der Waals surface area contributed by atoms with Crippen molar-refractivity contribution >= 4 is 17.7 Å². The number of β-amino-alcohol motifs (C(OH)–C–C–N with tert-alkyl or cyclic N) is 1. The molecule has 1 atom stereocenters. The lowest BCUT2D eigenvalue weighted by Crippen LogP contribution is -2.47. The second-order valence-electron chi connectivity index (χ2n) is 11.9. The Morgan fingerprint density at radius 2 is 1.84 bits per heavy atom. The average molecular weight is 643 g/mol. The molecule has 1 aromatic carbocycles. The van der Waals surface area contributed by atoms with Crippen molar-refractivity contribution in [3.63, 3.8) is 0 Å². The van der Waals surface area contributed by atoms with Gasteiger partial charge in [0.1, 0.15) is 12.8 Å². The lowest BCUT2D eigenvalue weighted by atomic mass is 10.0. The first-order valence-electron chi connectivity index (χ1n) is 15.4. The Labute approximate surface area is 259 Å². The Morgan fingerprint density at radius 1 is 1.11 bits per heavy atom. The molecule has 4 heterocycles. The number of alkyl halides is 4. The summed E-state index contributed by atoms with van der Waals surface area (Å²) >= 11 is 1.17. The fourth-order valence-corrected chi connectivity index (χ4v) is 7.44. The molecule has 0 aliphatic carbocycles. The fraction of sp³-hybridized carbons (Fsp3) is 0.667. The lowest BCUT2D eigenvalue weighted by Gasteiger charge is -2.33. The molecule has 2 fully saturated rings. The Hall–Kier alpha value is -2.23. The van der Waals surface area contributed by atoms with E-state index >= 15 is 0 Å². The van der Waals surface area contributed by atoms with Crippen LogP contribution in [0, 0.1) is 0 Å². The van der Waals surface area contributed by atoms with Crippen molar-refractivity contribution in [3.05, 3.63) is 35.0 Å². The predicted octanol–water partition coefficient (Wildman–Crippen LogP) is 2.67. The first-order valence-corrected chi connectivity index (χ1v) is 16.4. The van der Waals surface area contributed by atoms with Crippen LogP contribution in [-0.4, -0.2) is 112 Å². The van der Waals surface area contributed by atoms with Crippen LogP contribution in [0.25, 0.3) is 11.3 Å². The molecule has 4 N–H and O–H groups in total. The van der Waals surface area contributed by atoms with E-state index in [1.54, 1.807) is 6.07 Å². The fourth-order valence-electron chi connectivity index (χ4n) is 6.32. The number of likely N-dealkylation sites (tertiary alicyclic amines) is 2. The van der Waals surface area contributed by atoms with Crippen LogP contribution in [0.1, 0.15) is 42.5 Å². The van der Waals surface area contributed by atoms with Crippen LogP contribution in [0.2, 0.25) is 0 Å². The second-order valence-corrected chi connectivity index (χ2v) is 13.0. The maximum atomic E-state index is 14.0. The van der Waals surface area contributed by atoms with E-state index in [0.29, 0.717) is 82.1 Å². The Morgan fingerprint density at radius 3 is 2.55 bits per heavy atom. The minimum atomic E-state index is -4.49. The van der Waals surface area contributed by atoms with Crippen molar-refractivity contribution in [1.29, 1.82) is 0 Å². The number of halogens is 4. The SMILES string of the molecule is O=C(CO)NC1CCN(C[C@H](O)Cn2nc(-c3ccc(C(F)(F)F)c(SCCN4CCC(F)CC4)c3)c3c2CCNC3)CC1. The molecule has 44 heavy (non-hydrogen) atoms.